The highest BCUT2D eigenvalue weighted by Gasteiger charge is 2.35. The summed E-state index contributed by atoms with van der Waals surface area (Å²) in [5.74, 6) is 0. The molecule has 3 nitrogen and oxygen atoms in total. The lowest BCUT2D eigenvalue weighted by atomic mass is 10.0. The fourth-order valence-electron chi connectivity index (χ4n) is 1.47. The smallest absolute Gasteiger partial charge is 0.207 e. The molecule has 0 unspecified atom stereocenters. The van der Waals surface area contributed by atoms with Gasteiger partial charge in [-0.2, -0.15) is 18.4 Å². The summed E-state index contributed by atoms with van der Waals surface area (Å²) < 4.78 is 60.4. The molecule has 1 rings (SSSR count). The molecule has 0 heterocycles. The van der Waals surface area contributed by atoms with Crippen LogP contribution in [0.4, 0.5) is 13.2 Å². The Morgan fingerprint density at radius 1 is 1.39 bits per heavy atom. The van der Waals surface area contributed by atoms with E-state index in [9.17, 15) is 21.6 Å². The Balaban J connectivity index is 3.72. The second-order valence-corrected chi connectivity index (χ2v) is 5.94. The highest BCUT2D eigenvalue weighted by Crippen LogP contribution is 2.35. The van der Waals surface area contributed by atoms with E-state index in [2.05, 4.69) is 0 Å². The van der Waals surface area contributed by atoms with Gasteiger partial charge in [0.25, 0.3) is 9.05 Å². The molecular formula is C10H7ClF3NO2S. The minimum Gasteiger partial charge on any atom is -0.207 e. The SMILES string of the molecule is CCc1cc(C#N)c(S(=O)(=O)Cl)cc1C(F)(F)F. The molecule has 8 heteroatoms. The van der Waals surface area contributed by atoms with Crippen molar-refractivity contribution < 1.29 is 21.6 Å². The van der Waals surface area contributed by atoms with Gasteiger partial charge < -0.3 is 0 Å². The van der Waals surface area contributed by atoms with Crippen molar-refractivity contribution in [1.82, 2.24) is 0 Å². The van der Waals surface area contributed by atoms with Gasteiger partial charge in [-0.05, 0) is 24.1 Å². The standard InChI is InChI=1S/C10H7ClF3NO2S/c1-2-6-3-7(5-15)9(18(11,16)17)4-8(6)10(12,13)14/h3-4H,2H2,1H3. The Kier molecular flexibility index (Phi) is 3.93. The van der Waals surface area contributed by atoms with E-state index in [1.807, 2.05) is 0 Å². The number of nitriles is 1. The first-order valence-corrected chi connectivity index (χ1v) is 7.01. The third-order valence-electron chi connectivity index (χ3n) is 2.27. The third-order valence-corrected chi connectivity index (χ3v) is 3.64. The van der Waals surface area contributed by atoms with E-state index in [0.717, 1.165) is 6.07 Å². The fourth-order valence-corrected chi connectivity index (χ4v) is 2.48. The highest BCUT2D eigenvalue weighted by molar-refractivity contribution is 8.13. The van der Waals surface area contributed by atoms with Crippen molar-refractivity contribution in [3.63, 3.8) is 0 Å². The van der Waals surface area contributed by atoms with Crippen LogP contribution in [0.25, 0.3) is 0 Å². The topological polar surface area (TPSA) is 57.9 Å². The molecule has 0 amide bonds. The maximum Gasteiger partial charge on any atom is 0.416 e. The Morgan fingerprint density at radius 3 is 2.28 bits per heavy atom. The third kappa shape index (κ3) is 2.94. The fraction of sp³-hybridized carbons (Fsp3) is 0.300. The monoisotopic (exact) mass is 297 g/mol. The van der Waals surface area contributed by atoms with Crippen LogP contribution in [-0.4, -0.2) is 8.42 Å². The highest BCUT2D eigenvalue weighted by atomic mass is 35.7. The van der Waals surface area contributed by atoms with Crippen LogP contribution >= 0.6 is 10.7 Å². The van der Waals surface area contributed by atoms with E-state index in [4.69, 9.17) is 15.9 Å². The van der Waals surface area contributed by atoms with Crippen molar-refractivity contribution in [1.29, 1.82) is 5.26 Å². The van der Waals surface area contributed by atoms with Crippen molar-refractivity contribution >= 4 is 19.7 Å². The van der Waals surface area contributed by atoms with Gasteiger partial charge in [0.05, 0.1) is 11.1 Å². The molecule has 0 fully saturated rings. The van der Waals surface area contributed by atoms with E-state index in [1.165, 1.54) is 13.0 Å². The summed E-state index contributed by atoms with van der Waals surface area (Å²) in [6.07, 6.45) is -4.68. The molecule has 1 aromatic carbocycles. The van der Waals surface area contributed by atoms with Crippen molar-refractivity contribution in [2.24, 2.45) is 0 Å². The lowest BCUT2D eigenvalue weighted by Gasteiger charge is -2.13. The van der Waals surface area contributed by atoms with Crippen molar-refractivity contribution in [2.45, 2.75) is 24.4 Å². The molecule has 0 radical (unpaired) electrons. The van der Waals surface area contributed by atoms with Gasteiger partial charge in [-0.25, -0.2) is 8.42 Å². The lowest BCUT2D eigenvalue weighted by Crippen LogP contribution is -2.11. The Morgan fingerprint density at radius 2 is 1.94 bits per heavy atom. The van der Waals surface area contributed by atoms with Crippen molar-refractivity contribution in [3.8, 4) is 6.07 Å². The van der Waals surface area contributed by atoms with Crippen molar-refractivity contribution in [3.05, 3.63) is 28.8 Å². The van der Waals surface area contributed by atoms with Crippen LogP contribution in [0.2, 0.25) is 0 Å². The van der Waals surface area contributed by atoms with Gasteiger partial charge in [-0.15, -0.1) is 0 Å². The first kappa shape index (κ1) is 14.8. The first-order chi connectivity index (χ1) is 8.11. The average molecular weight is 298 g/mol. The molecule has 0 saturated carbocycles. The molecule has 0 aliphatic rings. The van der Waals surface area contributed by atoms with Gasteiger partial charge in [0.2, 0.25) is 0 Å². The van der Waals surface area contributed by atoms with E-state index in [-0.39, 0.29) is 12.0 Å². The average Bonchev–Trinajstić information content (AvgIpc) is 2.24. The zero-order valence-corrected chi connectivity index (χ0v) is 10.6. The largest absolute Gasteiger partial charge is 0.416 e. The van der Waals surface area contributed by atoms with Crippen LogP contribution in [0.15, 0.2) is 17.0 Å². The molecule has 0 N–H and O–H groups in total. The number of aryl methyl sites for hydroxylation is 1. The van der Waals surface area contributed by atoms with Gasteiger partial charge in [0, 0.05) is 10.7 Å². The summed E-state index contributed by atoms with van der Waals surface area (Å²) in [5.41, 5.74) is -1.64. The molecule has 0 aromatic heterocycles. The molecule has 0 aliphatic heterocycles. The minimum absolute atomic E-state index is 0.0200. The van der Waals surface area contributed by atoms with E-state index < -0.39 is 31.2 Å². The number of benzene rings is 1. The molecule has 0 atom stereocenters. The number of halogens is 4. The predicted molar refractivity (Wildman–Crippen MR) is 58.6 cm³/mol. The molecular weight excluding hydrogens is 291 g/mol. The molecule has 98 valence electrons. The van der Waals surface area contributed by atoms with Crippen LogP contribution in [0.3, 0.4) is 0 Å². The number of hydrogen-bond acceptors (Lipinski definition) is 3. The van der Waals surface area contributed by atoms with Gasteiger partial charge in [-0.1, -0.05) is 6.92 Å². The Labute approximate surface area is 106 Å². The van der Waals surface area contributed by atoms with Crippen LogP contribution in [0.5, 0.6) is 0 Å². The first-order valence-electron chi connectivity index (χ1n) is 4.70. The maximum atomic E-state index is 12.7. The number of nitrogens with zero attached hydrogens (tertiary/aromatic N) is 1. The van der Waals surface area contributed by atoms with Gasteiger partial charge in [0.1, 0.15) is 11.0 Å². The van der Waals surface area contributed by atoms with Crippen LogP contribution in [0.1, 0.15) is 23.6 Å². The van der Waals surface area contributed by atoms with Crippen LogP contribution in [0, 0.1) is 11.3 Å². The van der Waals surface area contributed by atoms with Gasteiger partial charge in [-0.3, -0.25) is 0 Å². The normalized spacial score (nSPS) is 12.2. The summed E-state index contributed by atoms with van der Waals surface area (Å²) in [5, 5.41) is 8.74. The Bertz CT molecular complexity index is 617. The molecule has 1 aromatic rings. The van der Waals surface area contributed by atoms with E-state index in [1.54, 1.807) is 0 Å². The van der Waals surface area contributed by atoms with Gasteiger partial charge >= 0.3 is 6.18 Å². The molecule has 0 spiro atoms. The van der Waals surface area contributed by atoms with E-state index >= 15 is 0 Å². The molecule has 0 aliphatic carbocycles. The predicted octanol–water partition coefficient (Wildman–Crippen LogP) is 3.07. The van der Waals surface area contributed by atoms with Crippen molar-refractivity contribution in [2.75, 3.05) is 0 Å². The Hall–Kier alpha value is -1.26. The summed E-state index contributed by atoms with van der Waals surface area (Å²) in [6.45, 7) is 1.47. The number of hydrogen-bond donors (Lipinski definition) is 0. The van der Waals surface area contributed by atoms with Crippen LogP contribution in [-0.2, 0) is 21.6 Å². The molecule has 0 saturated heterocycles. The zero-order valence-electron chi connectivity index (χ0n) is 9.05. The second kappa shape index (κ2) is 4.78. The van der Waals surface area contributed by atoms with Gasteiger partial charge in [0.15, 0.2) is 0 Å². The van der Waals surface area contributed by atoms with E-state index in [0.29, 0.717) is 6.07 Å². The molecule has 18 heavy (non-hydrogen) atoms. The minimum atomic E-state index is -4.70. The number of alkyl halides is 3. The zero-order chi connectivity index (χ0) is 14.1. The lowest BCUT2D eigenvalue weighted by molar-refractivity contribution is -0.138. The summed E-state index contributed by atoms with van der Waals surface area (Å²) >= 11 is 0. The maximum absolute atomic E-state index is 12.7. The second-order valence-electron chi connectivity index (χ2n) is 3.41. The summed E-state index contributed by atoms with van der Waals surface area (Å²) in [6, 6.07) is 2.83. The number of rotatable bonds is 2. The quantitative estimate of drug-likeness (QED) is 0.788. The molecule has 0 bridgehead atoms. The summed E-state index contributed by atoms with van der Waals surface area (Å²) in [4.78, 5) is -0.823. The summed E-state index contributed by atoms with van der Waals surface area (Å²) in [7, 11) is 0.610. The van der Waals surface area contributed by atoms with Crippen LogP contribution < -0.4 is 0 Å².